The van der Waals surface area contributed by atoms with E-state index in [0.29, 0.717) is 0 Å². The molecule has 110 valence electrons. The first-order valence-electron chi connectivity index (χ1n) is 6.54. The number of rotatable bonds is 4. The van der Waals surface area contributed by atoms with E-state index < -0.39 is 17.7 Å². The monoisotopic (exact) mass is 280 g/mol. The van der Waals surface area contributed by atoms with Crippen molar-refractivity contribution in [1.82, 2.24) is 20.0 Å². The molecule has 0 bridgehead atoms. The molecule has 0 aromatic carbocycles. The van der Waals surface area contributed by atoms with Crippen LogP contribution >= 0.6 is 0 Å². The maximum Gasteiger partial charge on any atom is 0.325 e. The Balaban J connectivity index is 2.02. The van der Waals surface area contributed by atoms with Crippen molar-refractivity contribution in [3.05, 3.63) is 17.5 Å². The number of amides is 3. The molecule has 1 aromatic rings. The summed E-state index contributed by atoms with van der Waals surface area (Å²) < 4.78 is 1.67. The highest BCUT2D eigenvalue weighted by atomic mass is 16.3. The average molecular weight is 280 g/mol. The van der Waals surface area contributed by atoms with E-state index in [0.717, 1.165) is 16.3 Å². The molecular weight excluding hydrogens is 260 g/mol. The lowest BCUT2D eigenvalue weighted by molar-refractivity contribution is -0.131. The largest absolute Gasteiger partial charge is 0.389 e. The Bertz CT molecular complexity index is 550. The molecule has 7 heteroatoms. The number of carbonyl (C=O) groups excluding carboxylic acids is 2. The molecule has 20 heavy (non-hydrogen) atoms. The molecule has 2 N–H and O–H groups in total. The number of nitrogens with zero attached hydrogens (tertiary/aromatic N) is 3. The maximum atomic E-state index is 12.0. The summed E-state index contributed by atoms with van der Waals surface area (Å²) in [6, 6.07) is 1.44. The van der Waals surface area contributed by atoms with Crippen molar-refractivity contribution in [1.29, 1.82) is 0 Å². The highest BCUT2D eigenvalue weighted by molar-refractivity contribution is 6.06. The van der Waals surface area contributed by atoms with Gasteiger partial charge in [0.1, 0.15) is 5.54 Å². The molecule has 3 amide bonds. The van der Waals surface area contributed by atoms with Crippen molar-refractivity contribution in [2.75, 3.05) is 6.54 Å². The second kappa shape index (κ2) is 4.90. The van der Waals surface area contributed by atoms with Gasteiger partial charge in [0.05, 0.1) is 24.9 Å². The van der Waals surface area contributed by atoms with E-state index in [9.17, 15) is 14.7 Å². The SMILES string of the molecule is Cc1cc(C)n(C[C@H](O)CN2C(=O)NC(C)(C)C2=O)n1. The molecule has 2 heterocycles. The Labute approximate surface area is 117 Å². The molecule has 7 nitrogen and oxygen atoms in total. The zero-order valence-electron chi connectivity index (χ0n) is 12.2. The average Bonchev–Trinajstić information content (AvgIpc) is 2.71. The molecule has 0 saturated carbocycles. The van der Waals surface area contributed by atoms with Crippen molar-refractivity contribution in [3.63, 3.8) is 0 Å². The van der Waals surface area contributed by atoms with Gasteiger partial charge in [-0.3, -0.25) is 14.4 Å². The van der Waals surface area contributed by atoms with Crippen LogP contribution in [0.5, 0.6) is 0 Å². The quantitative estimate of drug-likeness (QED) is 0.771. The first kappa shape index (κ1) is 14.5. The van der Waals surface area contributed by atoms with Crippen LogP contribution in [0.1, 0.15) is 25.2 Å². The number of β-amino-alcohol motifs (C(OH)–C–C–N with tert-alkyl or cyclic N) is 1. The summed E-state index contributed by atoms with van der Waals surface area (Å²) in [6.07, 6.45) is -0.850. The van der Waals surface area contributed by atoms with E-state index in [1.165, 1.54) is 0 Å². The van der Waals surface area contributed by atoms with Gasteiger partial charge >= 0.3 is 6.03 Å². The van der Waals surface area contributed by atoms with E-state index >= 15 is 0 Å². The van der Waals surface area contributed by atoms with E-state index in [1.54, 1.807) is 18.5 Å². The van der Waals surface area contributed by atoms with Crippen molar-refractivity contribution >= 4 is 11.9 Å². The van der Waals surface area contributed by atoms with E-state index in [2.05, 4.69) is 10.4 Å². The highest BCUT2D eigenvalue weighted by Gasteiger charge is 2.44. The molecule has 0 spiro atoms. The van der Waals surface area contributed by atoms with Gasteiger partial charge in [-0.25, -0.2) is 4.79 Å². The van der Waals surface area contributed by atoms with Crippen LogP contribution < -0.4 is 5.32 Å². The summed E-state index contributed by atoms with van der Waals surface area (Å²) in [5, 5.41) is 16.9. The summed E-state index contributed by atoms with van der Waals surface area (Å²) in [5.41, 5.74) is 0.888. The fourth-order valence-corrected chi connectivity index (χ4v) is 2.31. The fourth-order valence-electron chi connectivity index (χ4n) is 2.31. The van der Waals surface area contributed by atoms with Gasteiger partial charge in [0.15, 0.2) is 0 Å². The molecule has 0 radical (unpaired) electrons. The Kier molecular flexibility index (Phi) is 3.56. The number of aliphatic hydroxyl groups excluding tert-OH is 1. The number of hydrogen-bond donors (Lipinski definition) is 2. The second-order valence-electron chi connectivity index (χ2n) is 5.73. The van der Waals surface area contributed by atoms with Crippen LogP contribution in [0.4, 0.5) is 4.79 Å². The molecular formula is C13H20N4O3. The zero-order valence-corrected chi connectivity index (χ0v) is 12.2. The van der Waals surface area contributed by atoms with Crippen LogP contribution in [-0.4, -0.2) is 49.9 Å². The molecule has 1 atom stereocenters. The molecule has 1 aliphatic heterocycles. The van der Waals surface area contributed by atoms with Crippen LogP contribution in [0.3, 0.4) is 0 Å². The van der Waals surface area contributed by atoms with Gasteiger partial charge in [0.2, 0.25) is 0 Å². The van der Waals surface area contributed by atoms with E-state index in [1.807, 2.05) is 19.9 Å². The third kappa shape index (κ3) is 2.67. The van der Waals surface area contributed by atoms with Gasteiger partial charge in [0, 0.05) is 5.69 Å². The molecule has 1 saturated heterocycles. The van der Waals surface area contributed by atoms with Crippen LogP contribution in [0.15, 0.2) is 6.07 Å². The number of aliphatic hydroxyl groups is 1. The minimum Gasteiger partial charge on any atom is -0.389 e. The minimum atomic E-state index is -0.908. The second-order valence-corrected chi connectivity index (χ2v) is 5.73. The van der Waals surface area contributed by atoms with Crippen LogP contribution in [-0.2, 0) is 11.3 Å². The van der Waals surface area contributed by atoms with Gasteiger partial charge in [-0.2, -0.15) is 5.10 Å². The predicted octanol–water partition coefficient (Wildman–Crippen LogP) is 0.191. The molecule has 0 aliphatic carbocycles. The van der Waals surface area contributed by atoms with Gasteiger partial charge in [-0.15, -0.1) is 0 Å². The summed E-state index contributed by atoms with van der Waals surface area (Å²) in [5.74, 6) is -0.324. The van der Waals surface area contributed by atoms with Gasteiger partial charge in [-0.1, -0.05) is 0 Å². The lowest BCUT2D eigenvalue weighted by Crippen LogP contribution is -2.42. The fraction of sp³-hybridized carbons (Fsp3) is 0.615. The van der Waals surface area contributed by atoms with Gasteiger partial charge < -0.3 is 10.4 Å². The Morgan fingerprint density at radius 2 is 2.00 bits per heavy atom. The van der Waals surface area contributed by atoms with E-state index in [-0.39, 0.29) is 19.0 Å². The first-order valence-corrected chi connectivity index (χ1v) is 6.54. The molecule has 0 unspecified atom stereocenters. The normalized spacial score (nSPS) is 19.4. The summed E-state index contributed by atoms with van der Waals surface area (Å²) in [4.78, 5) is 24.8. The summed E-state index contributed by atoms with van der Waals surface area (Å²) >= 11 is 0. The first-order chi connectivity index (χ1) is 9.20. The van der Waals surface area contributed by atoms with Crippen LogP contribution in [0, 0.1) is 13.8 Å². The third-order valence-corrected chi connectivity index (χ3v) is 3.32. The molecule has 1 aliphatic rings. The maximum absolute atomic E-state index is 12.0. The van der Waals surface area contributed by atoms with Gasteiger partial charge in [0.25, 0.3) is 5.91 Å². The van der Waals surface area contributed by atoms with Crippen molar-refractivity contribution < 1.29 is 14.7 Å². The Morgan fingerprint density at radius 3 is 2.45 bits per heavy atom. The standard InChI is InChI=1S/C13H20N4O3/c1-8-5-9(2)17(15-8)7-10(18)6-16-11(19)13(3,4)14-12(16)20/h5,10,18H,6-7H2,1-4H3,(H,14,20)/t10-/m1/s1. The number of hydrogen-bond acceptors (Lipinski definition) is 4. The Hall–Kier alpha value is -1.89. The predicted molar refractivity (Wildman–Crippen MR) is 72.0 cm³/mol. The van der Waals surface area contributed by atoms with E-state index in [4.69, 9.17) is 0 Å². The topological polar surface area (TPSA) is 87.5 Å². The van der Waals surface area contributed by atoms with Crippen LogP contribution in [0.2, 0.25) is 0 Å². The van der Waals surface area contributed by atoms with Crippen LogP contribution in [0.25, 0.3) is 0 Å². The number of imide groups is 1. The Morgan fingerprint density at radius 1 is 1.35 bits per heavy atom. The zero-order chi connectivity index (χ0) is 15.1. The molecule has 1 aromatic heterocycles. The number of urea groups is 1. The number of carbonyl (C=O) groups is 2. The lowest BCUT2D eigenvalue weighted by Gasteiger charge is -2.19. The number of aromatic nitrogens is 2. The number of nitrogens with one attached hydrogen (secondary N) is 1. The van der Waals surface area contributed by atoms with Gasteiger partial charge in [-0.05, 0) is 33.8 Å². The lowest BCUT2D eigenvalue weighted by atomic mass is 10.1. The number of aryl methyl sites for hydroxylation is 2. The smallest absolute Gasteiger partial charge is 0.325 e. The summed E-state index contributed by atoms with van der Waals surface area (Å²) in [7, 11) is 0. The summed E-state index contributed by atoms with van der Waals surface area (Å²) in [6.45, 7) is 7.25. The minimum absolute atomic E-state index is 0.0353. The van der Waals surface area contributed by atoms with Crippen molar-refractivity contribution in [2.24, 2.45) is 0 Å². The van der Waals surface area contributed by atoms with Crippen molar-refractivity contribution in [3.8, 4) is 0 Å². The third-order valence-electron chi connectivity index (χ3n) is 3.32. The van der Waals surface area contributed by atoms with Crippen molar-refractivity contribution in [2.45, 2.75) is 45.9 Å². The molecule has 2 rings (SSSR count). The molecule has 1 fully saturated rings. The highest BCUT2D eigenvalue weighted by Crippen LogP contribution is 2.17.